The Balaban J connectivity index is 2.01. The van der Waals surface area contributed by atoms with Gasteiger partial charge in [-0.1, -0.05) is 24.3 Å². The fourth-order valence-corrected chi connectivity index (χ4v) is 2.48. The van der Waals surface area contributed by atoms with Gasteiger partial charge < -0.3 is 10.5 Å². The Morgan fingerprint density at radius 1 is 1.24 bits per heavy atom. The van der Waals surface area contributed by atoms with Crippen molar-refractivity contribution in [2.45, 2.75) is 13.5 Å². The molecule has 0 aliphatic carbocycles. The minimum Gasteiger partial charge on any atom is -0.377 e. The number of nitrogens with two attached hydrogens (primary N) is 1. The van der Waals surface area contributed by atoms with Gasteiger partial charge in [-0.25, -0.2) is 9.37 Å². The first-order valence-corrected chi connectivity index (χ1v) is 7.77. The Labute approximate surface area is 143 Å². The van der Waals surface area contributed by atoms with Gasteiger partial charge in [0, 0.05) is 12.2 Å². The highest BCUT2D eigenvalue weighted by molar-refractivity contribution is 5.89. The van der Waals surface area contributed by atoms with Crippen LogP contribution in [0.2, 0.25) is 0 Å². The molecule has 3 N–H and O–H groups in total. The summed E-state index contributed by atoms with van der Waals surface area (Å²) in [5.41, 5.74) is 8.29. The molecule has 0 aliphatic rings. The summed E-state index contributed by atoms with van der Waals surface area (Å²) >= 11 is 0. The average molecular weight is 340 g/mol. The molecule has 0 atom stereocenters. The number of hydrogen-bond donors (Lipinski definition) is 2. The molecule has 3 aromatic rings. The number of nitrogens with one attached hydrogen (secondary N) is 1. The van der Waals surface area contributed by atoms with Crippen LogP contribution in [0, 0.1) is 5.82 Å². The quantitative estimate of drug-likeness (QED) is 0.721. The van der Waals surface area contributed by atoms with Crippen molar-refractivity contribution in [1.82, 2.24) is 15.2 Å². The molecule has 0 aliphatic heterocycles. The molecule has 0 bridgehead atoms. The van der Waals surface area contributed by atoms with E-state index in [0.717, 1.165) is 16.7 Å². The van der Waals surface area contributed by atoms with Crippen molar-refractivity contribution in [3.05, 3.63) is 59.7 Å². The van der Waals surface area contributed by atoms with E-state index in [0.29, 0.717) is 24.6 Å². The fourth-order valence-electron chi connectivity index (χ4n) is 2.48. The number of benzene rings is 2. The number of ether oxygens (including phenoxy) is 1. The number of aromatic amines is 1. The number of rotatable bonds is 6. The van der Waals surface area contributed by atoms with E-state index in [1.165, 1.54) is 12.1 Å². The van der Waals surface area contributed by atoms with Crippen LogP contribution in [-0.2, 0) is 11.3 Å². The molecule has 0 radical (unpaired) electrons. The van der Waals surface area contributed by atoms with Gasteiger partial charge in [-0.3, -0.25) is 9.89 Å². The van der Waals surface area contributed by atoms with E-state index in [-0.39, 0.29) is 11.6 Å². The van der Waals surface area contributed by atoms with Crippen LogP contribution < -0.4 is 5.73 Å². The Kier molecular flexibility index (Phi) is 4.85. The zero-order chi connectivity index (χ0) is 17.8. The number of carbonyl (C=O) groups is 1. The lowest BCUT2D eigenvalue weighted by molar-refractivity contribution is 0.0991. The van der Waals surface area contributed by atoms with Crippen molar-refractivity contribution in [2.24, 2.45) is 5.73 Å². The Morgan fingerprint density at radius 3 is 2.76 bits per heavy atom. The van der Waals surface area contributed by atoms with Crippen LogP contribution >= 0.6 is 0 Å². The molecule has 2 aromatic carbocycles. The van der Waals surface area contributed by atoms with E-state index in [1.807, 2.05) is 25.1 Å². The lowest BCUT2D eigenvalue weighted by Gasteiger charge is -2.11. The third-order valence-electron chi connectivity index (χ3n) is 3.68. The van der Waals surface area contributed by atoms with Crippen LogP contribution in [0.4, 0.5) is 4.39 Å². The molecule has 6 nitrogen and oxygen atoms in total. The van der Waals surface area contributed by atoms with Crippen molar-refractivity contribution >= 4 is 5.91 Å². The van der Waals surface area contributed by atoms with E-state index in [1.54, 1.807) is 12.1 Å². The summed E-state index contributed by atoms with van der Waals surface area (Å²) in [4.78, 5) is 15.2. The van der Waals surface area contributed by atoms with Crippen LogP contribution in [0.3, 0.4) is 0 Å². The fraction of sp³-hybridized carbons (Fsp3) is 0.167. The van der Waals surface area contributed by atoms with Crippen molar-refractivity contribution in [3.8, 4) is 22.5 Å². The number of carbonyl (C=O) groups excluding carboxylic acids is 1. The second-order valence-electron chi connectivity index (χ2n) is 5.39. The van der Waals surface area contributed by atoms with E-state index < -0.39 is 5.91 Å². The highest BCUT2D eigenvalue weighted by Gasteiger charge is 2.12. The van der Waals surface area contributed by atoms with Crippen molar-refractivity contribution < 1.29 is 13.9 Å². The molecule has 3 rings (SSSR count). The van der Waals surface area contributed by atoms with Crippen molar-refractivity contribution in [2.75, 3.05) is 6.61 Å². The molecule has 0 spiro atoms. The molecule has 0 saturated heterocycles. The molecular weight excluding hydrogens is 323 g/mol. The van der Waals surface area contributed by atoms with Crippen LogP contribution in [0.5, 0.6) is 0 Å². The summed E-state index contributed by atoms with van der Waals surface area (Å²) in [5.74, 6) is -0.671. The van der Waals surface area contributed by atoms with Gasteiger partial charge in [0.05, 0.1) is 6.61 Å². The number of amides is 1. The molecule has 1 aromatic heterocycles. The summed E-state index contributed by atoms with van der Waals surface area (Å²) in [6.45, 7) is 2.87. The summed E-state index contributed by atoms with van der Waals surface area (Å²) in [6.07, 6.45) is 0. The summed E-state index contributed by atoms with van der Waals surface area (Å²) in [6, 6.07) is 11.9. The molecule has 0 fully saturated rings. The number of aromatic nitrogens is 3. The van der Waals surface area contributed by atoms with E-state index in [4.69, 9.17) is 10.5 Å². The van der Waals surface area contributed by atoms with Crippen molar-refractivity contribution in [1.29, 1.82) is 0 Å². The zero-order valence-electron chi connectivity index (χ0n) is 13.6. The number of nitrogens with zero attached hydrogens (tertiary/aromatic N) is 2. The number of halogens is 1. The SMILES string of the molecule is CCOCc1ccc(F)cc1-c1cccc(-c2n[nH]c(C(N)=O)n2)c1. The minimum atomic E-state index is -0.681. The van der Waals surface area contributed by atoms with Gasteiger partial charge in [0.2, 0.25) is 5.82 Å². The average Bonchev–Trinajstić information content (AvgIpc) is 3.11. The lowest BCUT2D eigenvalue weighted by Crippen LogP contribution is -2.12. The second-order valence-corrected chi connectivity index (χ2v) is 5.39. The van der Waals surface area contributed by atoms with Crippen molar-refractivity contribution in [3.63, 3.8) is 0 Å². The predicted molar refractivity (Wildman–Crippen MR) is 91.1 cm³/mol. The molecule has 128 valence electrons. The third kappa shape index (κ3) is 3.72. The maximum absolute atomic E-state index is 13.7. The lowest BCUT2D eigenvalue weighted by atomic mass is 9.98. The van der Waals surface area contributed by atoms with Gasteiger partial charge in [0.1, 0.15) is 5.82 Å². The molecule has 1 amide bonds. The summed E-state index contributed by atoms with van der Waals surface area (Å²) in [5, 5.41) is 6.49. The number of primary amides is 1. The molecule has 1 heterocycles. The predicted octanol–water partition coefficient (Wildman–Crippen LogP) is 2.91. The van der Waals surface area contributed by atoms with Gasteiger partial charge in [-0.05, 0) is 41.8 Å². The van der Waals surface area contributed by atoms with Crippen LogP contribution in [0.15, 0.2) is 42.5 Å². The maximum atomic E-state index is 13.7. The summed E-state index contributed by atoms with van der Waals surface area (Å²) in [7, 11) is 0. The van der Waals surface area contributed by atoms with Gasteiger partial charge in [-0.2, -0.15) is 5.10 Å². The Hall–Kier alpha value is -3.06. The topological polar surface area (TPSA) is 93.9 Å². The first kappa shape index (κ1) is 16.8. The number of hydrogen-bond acceptors (Lipinski definition) is 4. The van der Waals surface area contributed by atoms with Crippen LogP contribution in [0.1, 0.15) is 23.1 Å². The molecule has 7 heteroatoms. The molecular formula is C18H17FN4O2. The maximum Gasteiger partial charge on any atom is 0.286 e. The van der Waals surface area contributed by atoms with Gasteiger partial charge in [-0.15, -0.1) is 0 Å². The first-order valence-electron chi connectivity index (χ1n) is 7.77. The van der Waals surface area contributed by atoms with Gasteiger partial charge >= 0.3 is 0 Å². The van der Waals surface area contributed by atoms with E-state index in [9.17, 15) is 9.18 Å². The third-order valence-corrected chi connectivity index (χ3v) is 3.68. The Bertz CT molecular complexity index is 908. The minimum absolute atomic E-state index is 0.0109. The highest BCUT2D eigenvalue weighted by atomic mass is 19.1. The van der Waals surface area contributed by atoms with Crippen LogP contribution in [-0.4, -0.2) is 27.7 Å². The smallest absolute Gasteiger partial charge is 0.286 e. The molecule has 0 saturated carbocycles. The first-order chi connectivity index (χ1) is 12.1. The summed E-state index contributed by atoms with van der Waals surface area (Å²) < 4.78 is 19.2. The largest absolute Gasteiger partial charge is 0.377 e. The number of H-pyrrole nitrogens is 1. The Morgan fingerprint density at radius 2 is 2.04 bits per heavy atom. The second kappa shape index (κ2) is 7.23. The highest BCUT2D eigenvalue weighted by Crippen LogP contribution is 2.28. The zero-order valence-corrected chi connectivity index (χ0v) is 13.6. The van der Waals surface area contributed by atoms with Gasteiger partial charge in [0.25, 0.3) is 5.91 Å². The normalized spacial score (nSPS) is 10.8. The van der Waals surface area contributed by atoms with Crippen LogP contribution in [0.25, 0.3) is 22.5 Å². The standard InChI is InChI=1S/C18H17FN4O2/c1-2-25-10-13-6-7-14(19)9-15(13)11-4-3-5-12(8-11)17-21-18(16(20)24)23-22-17/h3-9H,2,10H2,1H3,(H2,20,24)(H,21,22,23). The molecule has 25 heavy (non-hydrogen) atoms. The van der Waals surface area contributed by atoms with Gasteiger partial charge in [0.15, 0.2) is 5.82 Å². The molecule has 0 unspecified atom stereocenters. The monoisotopic (exact) mass is 340 g/mol. The van der Waals surface area contributed by atoms with E-state index in [2.05, 4.69) is 15.2 Å². The van der Waals surface area contributed by atoms with E-state index >= 15 is 0 Å².